The number of Topliss-reactive ketones (excluding diaryl/α,β-unsaturated/α-hetero) is 2. The third-order valence-corrected chi connectivity index (χ3v) is 24.2. The summed E-state index contributed by atoms with van der Waals surface area (Å²) in [7, 11) is 1.62. The van der Waals surface area contributed by atoms with Gasteiger partial charge in [0.2, 0.25) is 5.78 Å². The van der Waals surface area contributed by atoms with E-state index in [9.17, 15) is 63.9 Å². The molecule has 700 valence electrons. The molecule has 15 rings (SSSR count). The van der Waals surface area contributed by atoms with Crippen molar-refractivity contribution in [3.8, 4) is 16.9 Å². The molecule has 1 atom stereocenters. The number of carbonyl (C=O) groups excluding carboxylic acids is 7. The lowest BCUT2D eigenvalue weighted by molar-refractivity contribution is -0.385. The summed E-state index contributed by atoms with van der Waals surface area (Å²) in [5.74, 6) is -2.15. The molecule has 0 saturated carbocycles. The average molecular weight is 1860 g/mol. The van der Waals surface area contributed by atoms with Crippen LogP contribution in [0.1, 0.15) is 188 Å². The van der Waals surface area contributed by atoms with E-state index in [1.165, 1.54) is 57.7 Å². The van der Waals surface area contributed by atoms with Crippen molar-refractivity contribution in [3.05, 3.63) is 363 Å². The Labute approximate surface area is 795 Å². The van der Waals surface area contributed by atoms with E-state index >= 15 is 0 Å². The number of non-ortho nitro benzene ring substituents is 3. The maximum atomic E-state index is 13.5. The number of oxime groups is 4. The first kappa shape index (κ1) is 100. The van der Waals surface area contributed by atoms with Crippen LogP contribution in [0.5, 0.6) is 5.75 Å². The number of benzene rings is 12. The minimum absolute atomic E-state index is 0.0150. The van der Waals surface area contributed by atoms with Crippen LogP contribution in [0.3, 0.4) is 0 Å². The lowest BCUT2D eigenvalue weighted by Crippen LogP contribution is -2.25. The smallest absolute Gasteiger partial charge is 0.332 e. The van der Waals surface area contributed by atoms with Gasteiger partial charge in [-0.05, 0) is 233 Å². The zero-order chi connectivity index (χ0) is 98.6. The Hall–Kier alpha value is -15.9. The molecule has 137 heavy (non-hydrogen) atoms. The molecule has 0 amide bonds. The number of methoxy groups -OCH3 is 1. The minimum atomic E-state index is -0.617. The molecule has 0 saturated heterocycles. The van der Waals surface area contributed by atoms with Gasteiger partial charge in [-0.1, -0.05) is 162 Å². The second kappa shape index (κ2) is 45.2. The molecular formula is C108H103N9O19S. The van der Waals surface area contributed by atoms with Crippen molar-refractivity contribution in [3.63, 3.8) is 0 Å². The van der Waals surface area contributed by atoms with Crippen molar-refractivity contribution in [1.82, 2.24) is 9.13 Å². The molecule has 1 aliphatic carbocycles. The molecule has 29 heteroatoms. The predicted molar refractivity (Wildman–Crippen MR) is 531 cm³/mol. The van der Waals surface area contributed by atoms with Crippen molar-refractivity contribution in [2.75, 3.05) is 13.7 Å². The summed E-state index contributed by atoms with van der Waals surface area (Å²) in [6.45, 7) is 26.8. The lowest BCUT2D eigenvalue weighted by atomic mass is 9.71. The number of hydrogen-bond acceptors (Lipinski definition) is 24. The third-order valence-electron chi connectivity index (χ3n) is 23.2. The molecule has 0 fully saturated rings. The van der Waals surface area contributed by atoms with Gasteiger partial charge in [-0.15, -0.1) is 0 Å². The molecule has 1 unspecified atom stereocenters. The van der Waals surface area contributed by atoms with Crippen LogP contribution < -0.4 is 4.74 Å². The van der Waals surface area contributed by atoms with Crippen molar-refractivity contribution in [2.24, 2.45) is 20.6 Å². The van der Waals surface area contributed by atoms with Crippen LogP contribution in [-0.4, -0.2) is 108 Å². The molecule has 0 radical (unpaired) electrons. The molecule has 1 aliphatic rings. The van der Waals surface area contributed by atoms with Gasteiger partial charge in [0.15, 0.2) is 23.0 Å². The van der Waals surface area contributed by atoms with Crippen molar-refractivity contribution in [1.29, 1.82) is 0 Å². The molecule has 2 heterocycles. The second-order valence-electron chi connectivity index (χ2n) is 32.9. The van der Waals surface area contributed by atoms with Crippen molar-refractivity contribution in [2.45, 2.75) is 163 Å². The molecule has 14 aromatic rings. The van der Waals surface area contributed by atoms with Crippen LogP contribution in [0, 0.1) is 58.0 Å². The van der Waals surface area contributed by atoms with Gasteiger partial charge < -0.3 is 38.0 Å². The van der Waals surface area contributed by atoms with Crippen molar-refractivity contribution < 1.29 is 77.2 Å². The van der Waals surface area contributed by atoms with Crippen molar-refractivity contribution >= 4 is 137 Å². The third kappa shape index (κ3) is 23.5. The Morgan fingerprint density at radius 1 is 0.416 bits per heavy atom. The summed E-state index contributed by atoms with van der Waals surface area (Å²) in [6.07, 6.45) is 3.59. The molecule has 0 spiro atoms. The monoisotopic (exact) mass is 1860 g/mol. The highest BCUT2D eigenvalue weighted by Crippen LogP contribution is 2.55. The molecule has 0 bridgehead atoms. The number of fused-ring (bicyclic) bond motifs is 9. The molecule has 0 N–H and O–H groups in total. The maximum Gasteiger partial charge on any atom is 0.332 e. The SMILES string of the molecule is CC(=O)O/N=C(/C(=O)c1ccc(Sc2ccc([N+](=O)[O-])cc2)cc1)c1ccccc1C.CCCC1(CCC)c2ccc(CC(=O)/C(=N/OC(C)=O)c3ccccc3C)cc2-c2ccc([N+](=O)[O-])cc21.CCn1c2ccc(/C(=N/OC(C)=O)c3ccc(OC(C)COC)cc3C)cc2c2cc([N+](=O)[O-])ccc21.CCn1c2ccc(C(=O)c3ccccc3C)cc2c2cc(/C(C)=N/OC(C)=O)ccc21. The van der Waals surface area contributed by atoms with Gasteiger partial charge in [0.25, 0.3) is 17.1 Å². The lowest BCUT2D eigenvalue weighted by Gasteiger charge is -2.31. The number of hydrogen-bond donors (Lipinski definition) is 0. The highest BCUT2D eigenvalue weighted by atomic mass is 32.2. The average Bonchev–Trinajstić information content (AvgIpc) is 1.56. The van der Waals surface area contributed by atoms with E-state index in [1.54, 1.807) is 92.9 Å². The Balaban J connectivity index is 0.000000165. The zero-order valence-corrected chi connectivity index (χ0v) is 79.4. The largest absolute Gasteiger partial charge is 0.488 e. The molecular weight excluding hydrogens is 1760 g/mol. The fraction of sp³-hybridized carbons (Fsp3) is 0.231. The van der Waals surface area contributed by atoms with E-state index in [0.29, 0.717) is 63.7 Å². The highest BCUT2D eigenvalue weighted by Gasteiger charge is 2.43. The van der Waals surface area contributed by atoms with E-state index in [0.717, 1.165) is 147 Å². The van der Waals surface area contributed by atoms with Crippen LogP contribution in [0.25, 0.3) is 54.7 Å². The number of rotatable bonds is 31. The van der Waals surface area contributed by atoms with Gasteiger partial charge in [0.05, 0.1) is 27.1 Å². The number of nitro benzene ring substituents is 3. The minimum Gasteiger partial charge on any atom is -0.488 e. The normalized spacial score (nSPS) is 12.3. The van der Waals surface area contributed by atoms with Gasteiger partial charge in [-0.2, -0.15) is 0 Å². The summed E-state index contributed by atoms with van der Waals surface area (Å²) >= 11 is 1.42. The summed E-state index contributed by atoms with van der Waals surface area (Å²) in [6, 6.07) is 74.7. The summed E-state index contributed by atoms with van der Waals surface area (Å²) in [5, 5.41) is 53.3. The Morgan fingerprint density at radius 2 is 0.861 bits per heavy atom. The standard InChI is InChI=1S/C31H32N2O5.C28H29N3O6.C26H24N2O3.C23H18N2O5S/c1-5-15-31(16-6-2)27-14-11-22(17-26(27)25-13-12-23(33(36)37)19-28(25)31)18-29(35)30(32-38-21(4)34)24-10-8-7-9-20(24)3;1-6-30-26-11-7-20(14-24(26)25-15-21(31(33)34)8-12-27(25)30)28(29-37-19(4)32)23-10-9-22(13-17(23)2)36-18(3)16-35-5;1-5-28-24-12-10-19(17(3)27-31-18(4)29)14-22(24)23-15-20(11-13-25(23)28)26(30)21-9-7-6-8-16(21)2;1-15-5-3-4-6-21(15)22(24-30-16(2)26)23(27)17-7-11-19(12-8-17)31-20-13-9-18(10-14-20)25(28)29/h7-14,17,19H,5-6,15-16,18H2,1-4H3;7-15,18H,6,16H2,1-5H3;6-15H,5H2,1-4H3;3-14H,1-2H3/b32-30+;29-28-;27-17+;24-22+. The van der Waals surface area contributed by atoms with Crippen LogP contribution >= 0.6 is 11.8 Å². The number of nitro groups is 3. The fourth-order valence-corrected chi connectivity index (χ4v) is 17.8. The van der Waals surface area contributed by atoms with Crippen LogP contribution in [-0.2, 0) is 73.0 Å². The summed E-state index contributed by atoms with van der Waals surface area (Å²) < 4.78 is 15.4. The summed E-state index contributed by atoms with van der Waals surface area (Å²) in [5.41, 5.74) is 18.8. The van der Waals surface area contributed by atoms with Gasteiger partial charge in [-0.25, -0.2) is 19.2 Å². The Morgan fingerprint density at radius 3 is 1.38 bits per heavy atom. The van der Waals surface area contributed by atoms with E-state index < -0.39 is 33.7 Å². The maximum absolute atomic E-state index is 13.5. The Kier molecular flexibility index (Phi) is 33.1. The van der Waals surface area contributed by atoms with Gasteiger partial charge in [-0.3, -0.25) is 44.7 Å². The number of carbonyl (C=O) groups is 7. The van der Waals surface area contributed by atoms with E-state index in [2.05, 4.69) is 56.6 Å². The molecule has 12 aromatic carbocycles. The predicted octanol–water partition coefficient (Wildman–Crippen LogP) is 23.5. The van der Waals surface area contributed by atoms with Crippen LogP contribution in [0.15, 0.2) is 279 Å². The topological polar surface area (TPSA) is 364 Å². The number of aromatic nitrogens is 2. The van der Waals surface area contributed by atoms with E-state index in [-0.39, 0.29) is 68.7 Å². The van der Waals surface area contributed by atoms with Crippen LogP contribution in [0.4, 0.5) is 17.1 Å². The first-order valence-corrected chi connectivity index (χ1v) is 45.3. The fourth-order valence-electron chi connectivity index (χ4n) is 17.0. The first-order valence-electron chi connectivity index (χ1n) is 44.5. The number of aryl methyl sites for hydroxylation is 6. The number of ether oxygens (including phenoxy) is 2. The molecule has 28 nitrogen and oxygen atoms in total. The van der Waals surface area contributed by atoms with E-state index in [4.69, 9.17) is 28.8 Å². The van der Waals surface area contributed by atoms with Crippen LogP contribution in [0.2, 0.25) is 0 Å². The van der Waals surface area contributed by atoms with Gasteiger partial charge in [0, 0.05) is 188 Å². The molecule has 2 aromatic heterocycles. The van der Waals surface area contributed by atoms with Gasteiger partial charge >= 0.3 is 23.9 Å². The molecule has 0 aliphatic heterocycles. The zero-order valence-electron chi connectivity index (χ0n) is 78.6. The summed E-state index contributed by atoms with van der Waals surface area (Å²) in [4.78, 5) is 139. The quantitative estimate of drug-likeness (QED) is 0.0128. The highest BCUT2D eigenvalue weighted by molar-refractivity contribution is 7.99. The number of nitrogens with zero attached hydrogens (tertiary/aromatic N) is 9. The second-order valence-corrected chi connectivity index (χ2v) is 34.0. The first-order chi connectivity index (χ1) is 65.7. The Bertz CT molecular complexity index is 7160. The van der Waals surface area contributed by atoms with E-state index in [1.807, 2.05) is 187 Å². The van der Waals surface area contributed by atoms with Gasteiger partial charge in [0.1, 0.15) is 17.6 Å². The number of ketones is 3.